The van der Waals surface area contributed by atoms with Crippen LogP contribution < -0.4 is 0 Å². The van der Waals surface area contributed by atoms with Gasteiger partial charge in [-0.3, -0.25) is 4.79 Å². The number of aryl methyl sites for hydroxylation is 1. The summed E-state index contributed by atoms with van der Waals surface area (Å²) in [5.41, 5.74) is 3.45. The number of benzene rings is 1. The van der Waals surface area contributed by atoms with Crippen LogP contribution in [-0.4, -0.2) is 11.3 Å². The number of thiophene rings is 1. The first-order valence-corrected chi connectivity index (χ1v) is 6.23. The molecule has 0 aliphatic carbocycles. The standard InChI is InChI=1S/C14H11NOS/c1-9-13(7-12(8-16)17-9)10-2-3-14-11(6-10)4-5-15-14/h2-8,15H,1H3. The number of rotatable bonds is 2. The third-order valence-corrected chi connectivity index (χ3v) is 3.89. The maximum absolute atomic E-state index is 10.8. The molecule has 0 aliphatic heterocycles. The van der Waals surface area contributed by atoms with E-state index >= 15 is 0 Å². The van der Waals surface area contributed by atoms with Crippen molar-refractivity contribution in [2.75, 3.05) is 0 Å². The second kappa shape index (κ2) is 3.86. The van der Waals surface area contributed by atoms with E-state index in [1.165, 1.54) is 15.8 Å². The quantitative estimate of drug-likeness (QED) is 0.675. The van der Waals surface area contributed by atoms with Crippen molar-refractivity contribution in [2.24, 2.45) is 0 Å². The zero-order valence-electron chi connectivity index (χ0n) is 9.36. The zero-order valence-corrected chi connectivity index (χ0v) is 10.2. The van der Waals surface area contributed by atoms with Crippen molar-refractivity contribution in [3.05, 3.63) is 46.3 Å². The van der Waals surface area contributed by atoms with Gasteiger partial charge in [0.2, 0.25) is 0 Å². The number of hydrogen-bond donors (Lipinski definition) is 1. The van der Waals surface area contributed by atoms with Crippen molar-refractivity contribution in [1.29, 1.82) is 0 Å². The maximum Gasteiger partial charge on any atom is 0.160 e. The van der Waals surface area contributed by atoms with Crippen LogP contribution in [0.15, 0.2) is 36.5 Å². The Morgan fingerprint density at radius 2 is 2.12 bits per heavy atom. The summed E-state index contributed by atoms with van der Waals surface area (Å²) in [6, 6.07) is 10.3. The first-order valence-electron chi connectivity index (χ1n) is 5.41. The lowest BCUT2D eigenvalue weighted by Gasteiger charge is -2.00. The number of carbonyl (C=O) groups excluding carboxylic acids is 1. The van der Waals surface area contributed by atoms with E-state index in [0.717, 1.165) is 22.2 Å². The minimum absolute atomic E-state index is 0.784. The van der Waals surface area contributed by atoms with Crippen LogP contribution in [0.2, 0.25) is 0 Å². The second-order valence-corrected chi connectivity index (χ2v) is 5.30. The van der Waals surface area contributed by atoms with Crippen LogP contribution in [0.3, 0.4) is 0 Å². The minimum Gasteiger partial charge on any atom is -0.361 e. The van der Waals surface area contributed by atoms with Crippen molar-refractivity contribution in [3.63, 3.8) is 0 Å². The Morgan fingerprint density at radius 1 is 1.24 bits per heavy atom. The summed E-state index contributed by atoms with van der Waals surface area (Å²) in [6.07, 6.45) is 2.85. The highest BCUT2D eigenvalue weighted by atomic mass is 32.1. The van der Waals surface area contributed by atoms with E-state index in [1.807, 2.05) is 19.2 Å². The Labute approximate surface area is 103 Å². The van der Waals surface area contributed by atoms with Crippen LogP contribution in [-0.2, 0) is 0 Å². The molecule has 0 bridgehead atoms. The lowest BCUT2D eigenvalue weighted by Crippen LogP contribution is -1.77. The van der Waals surface area contributed by atoms with Crippen LogP contribution in [0, 0.1) is 6.92 Å². The van der Waals surface area contributed by atoms with Gasteiger partial charge < -0.3 is 4.98 Å². The molecule has 1 aromatic carbocycles. The Kier molecular flexibility index (Phi) is 2.34. The number of hydrogen-bond acceptors (Lipinski definition) is 2. The average Bonchev–Trinajstić information content (AvgIpc) is 2.93. The van der Waals surface area contributed by atoms with Gasteiger partial charge in [-0.15, -0.1) is 11.3 Å². The summed E-state index contributed by atoms with van der Waals surface area (Å²) < 4.78 is 0. The fourth-order valence-corrected chi connectivity index (χ4v) is 2.94. The van der Waals surface area contributed by atoms with Gasteiger partial charge in [-0.2, -0.15) is 0 Å². The first-order chi connectivity index (χ1) is 8.28. The van der Waals surface area contributed by atoms with Crippen molar-refractivity contribution in [3.8, 4) is 11.1 Å². The molecule has 2 heterocycles. The normalized spacial score (nSPS) is 10.9. The number of aromatic amines is 1. The van der Waals surface area contributed by atoms with Crippen LogP contribution in [0.5, 0.6) is 0 Å². The highest BCUT2D eigenvalue weighted by molar-refractivity contribution is 7.14. The van der Waals surface area contributed by atoms with Gasteiger partial charge >= 0.3 is 0 Å². The molecule has 84 valence electrons. The highest BCUT2D eigenvalue weighted by Gasteiger charge is 2.07. The first kappa shape index (κ1) is 10.3. The fourth-order valence-electron chi connectivity index (χ4n) is 2.07. The van der Waals surface area contributed by atoms with Gasteiger partial charge in [0.1, 0.15) is 0 Å². The largest absolute Gasteiger partial charge is 0.361 e. The molecule has 3 aromatic rings. The summed E-state index contributed by atoms with van der Waals surface area (Å²) in [6.45, 7) is 2.05. The Balaban J connectivity index is 2.18. The molecule has 0 saturated heterocycles. The molecule has 0 saturated carbocycles. The van der Waals surface area contributed by atoms with Crippen LogP contribution >= 0.6 is 11.3 Å². The lowest BCUT2D eigenvalue weighted by molar-refractivity contribution is 0.112. The Morgan fingerprint density at radius 3 is 2.88 bits per heavy atom. The predicted octanol–water partition coefficient (Wildman–Crippen LogP) is 4.02. The number of aldehydes is 1. The van der Waals surface area contributed by atoms with E-state index in [2.05, 4.69) is 29.2 Å². The molecule has 2 nitrogen and oxygen atoms in total. The van der Waals surface area contributed by atoms with Gasteiger partial charge in [-0.25, -0.2) is 0 Å². The SMILES string of the molecule is Cc1sc(C=O)cc1-c1ccc2[nH]ccc2c1. The van der Waals surface area contributed by atoms with Crippen molar-refractivity contribution in [1.82, 2.24) is 4.98 Å². The zero-order chi connectivity index (χ0) is 11.8. The van der Waals surface area contributed by atoms with Gasteiger partial charge in [-0.05, 0) is 47.7 Å². The molecule has 0 aliphatic rings. The summed E-state index contributed by atoms with van der Waals surface area (Å²) in [5.74, 6) is 0. The third kappa shape index (κ3) is 1.68. The highest BCUT2D eigenvalue weighted by Crippen LogP contribution is 2.31. The molecule has 0 spiro atoms. The molecule has 0 atom stereocenters. The molecule has 2 aromatic heterocycles. The third-order valence-electron chi connectivity index (χ3n) is 2.92. The van der Waals surface area contributed by atoms with Crippen molar-refractivity contribution >= 4 is 28.5 Å². The van der Waals surface area contributed by atoms with Gasteiger partial charge in [0.15, 0.2) is 6.29 Å². The lowest BCUT2D eigenvalue weighted by atomic mass is 10.0. The summed E-state index contributed by atoms with van der Waals surface area (Å²) in [4.78, 5) is 15.9. The number of H-pyrrole nitrogens is 1. The Hall–Kier alpha value is -1.87. The van der Waals surface area contributed by atoms with E-state index < -0.39 is 0 Å². The molecule has 0 fully saturated rings. The van der Waals surface area contributed by atoms with Gasteiger partial charge in [-0.1, -0.05) is 6.07 Å². The molecular weight excluding hydrogens is 230 g/mol. The minimum atomic E-state index is 0.784. The molecule has 0 unspecified atom stereocenters. The molecule has 3 rings (SSSR count). The van der Waals surface area contributed by atoms with Gasteiger partial charge in [0.05, 0.1) is 4.88 Å². The molecule has 0 amide bonds. The molecule has 3 heteroatoms. The summed E-state index contributed by atoms with van der Waals surface area (Å²) in [7, 11) is 0. The summed E-state index contributed by atoms with van der Waals surface area (Å²) in [5, 5.41) is 1.20. The van der Waals surface area contributed by atoms with Gasteiger partial charge in [0.25, 0.3) is 0 Å². The van der Waals surface area contributed by atoms with Crippen LogP contribution in [0.25, 0.3) is 22.0 Å². The predicted molar refractivity (Wildman–Crippen MR) is 71.7 cm³/mol. The number of fused-ring (bicyclic) bond motifs is 1. The number of aromatic nitrogens is 1. The molecular formula is C14H11NOS. The van der Waals surface area contributed by atoms with Crippen LogP contribution in [0.4, 0.5) is 0 Å². The molecule has 0 radical (unpaired) electrons. The fraction of sp³-hybridized carbons (Fsp3) is 0.0714. The van der Waals surface area contributed by atoms with E-state index in [0.29, 0.717) is 0 Å². The number of nitrogens with one attached hydrogen (secondary N) is 1. The Bertz CT molecular complexity index is 693. The van der Waals surface area contributed by atoms with E-state index in [9.17, 15) is 4.79 Å². The van der Waals surface area contributed by atoms with Crippen molar-refractivity contribution < 1.29 is 4.79 Å². The summed E-state index contributed by atoms with van der Waals surface area (Å²) >= 11 is 1.54. The smallest absolute Gasteiger partial charge is 0.160 e. The molecule has 17 heavy (non-hydrogen) atoms. The van der Waals surface area contributed by atoms with E-state index in [1.54, 1.807) is 11.3 Å². The monoisotopic (exact) mass is 241 g/mol. The maximum atomic E-state index is 10.8. The topological polar surface area (TPSA) is 32.9 Å². The van der Waals surface area contributed by atoms with Gasteiger partial charge in [0, 0.05) is 16.6 Å². The van der Waals surface area contributed by atoms with E-state index in [-0.39, 0.29) is 0 Å². The average molecular weight is 241 g/mol. The molecule has 1 N–H and O–H groups in total. The second-order valence-electron chi connectivity index (χ2n) is 4.02. The van der Waals surface area contributed by atoms with Crippen LogP contribution in [0.1, 0.15) is 14.5 Å². The van der Waals surface area contributed by atoms with E-state index in [4.69, 9.17) is 0 Å². The van der Waals surface area contributed by atoms with Crippen molar-refractivity contribution in [2.45, 2.75) is 6.92 Å². The number of carbonyl (C=O) groups is 1.